The number of nitrogens with one attached hydrogen (secondary N) is 1. The van der Waals surface area contributed by atoms with Crippen molar-refractivity contribution in [3.63, 3.8) is 0 Å². The molecule has 2 atom stereocenters. The zero-order valence-electron chi connectivity index (χ0n) is 18.1. The van der Waals surface area contributed by atoms with Crippen molar-refractivity contribution in [2.75, 3.05) is 12.0 Å². The Morgan fingerprint density at radius 3 is 2.65 bits per heavy atom. The van der Waals surface area contributed by atoms with Gasteiger partial charge in [-0.05, 0) is 72.9 Å². The van der Waals surface area contributed by atoms with Crippen LogP contribution < -0.4 is 10.2 Å². The van der Waals surface area contributed by atoms with E-state index in [-0.39, 0.29) is 12.1 Å². The highest BCUT2D eigenvalue weighted by molar-refractivity contribution is 9.10. The van der Waals surface area contributed by atoms with E-state index in [1.165, 1.54) is 7.11 Å². The average Bonchev–Trinajstić information content (AvgIpc) is 3.49. The number of esters is 1. The maximum Gasteiger partial charge on any atom is 0.337 e. The average molecular weight is 534 g/mol. The summed E-state index contributed by atoms with van der Waals surface area (Å²) in [5.41, 5.74) is 3.05. The van der Waals surface area contributed by atoms with Gasteiger partial charge in [0.25, 0.3) is 0 Å². The van der Waals surface area contributed by atoms with Crippen molar-refractivity contribution in [1.29, 1.82) is 0 Å². The number of methoxy groups -OCH3 is 1. The molecule has 0 amide bonds. The third kappa shape index (κ3) is 4.22. The number of rotatable bonds is 5. The van der Waals surface area contributed by atoms with Gasteiger partial charge in [0.15, 0.2) is 5.11 Å². The van der Waals surface area contributed by atoms with Crippen LogP contribution >= 0.6 is 28.1 Å². The molecule has 0 bridgehead atoms. The lowest BCUT2D eigenvalue weighted by molar-refractivity contribution is 0.0601. The van der Waals surface area contributed by atoms with Crippen LogP contribution in [0, 0.1) is 0 Å². The van der Waals surface area contributed by atoms with Crippen LogP contribution in [0.4, 0.5) is 5.69 Å². The first kappa shape index (κ1) is 22.3. The molecule has 0 spiro atoms. The van der Waals surface area contributed by atoms with Gasteiger partial charge in [-0.2, -0.15) is 0 Å². The summed E-state index contributed by atoms with van der Waals surface area (Å²) in [4.78, 5) is 18.6. The molecule has 8 heteroatoms. The molecular formula is C26H20BrN3O3S. The summed E-state index contributed by atoms with van der Waals surface area (Å²) >= 11 is 9.25. The second-order valence-corrected chi connectivity index (χ2v) is 9.05. The number of ether oxygens (including phenoxy) is 1. The van der Waals surface area contributed by atoms with E-state index in [9.17, 15) is 4.79 Å². The molecule has 170 valence electrons. The molecule has 34 heavy (non-hydrogen) atoms. The van der Waals surface area contributed by atoms with Gasteiger partial charge in [0.1, 0.15) is 17.6 Å². The standard InChI is InChI=1S/C26H20BrN3O3S/c1-32-25(31)17-6-4-5-16(15-17)21-12-13-22(33-21)24-23(20-7-2-3-14-28-20)29-26(34)30(24)19-10-8-18(27)9-11-19/h2-15,23-24H,1H3,(H,29,34)/t23-,24+/m1/s1. The number of anilines is 1. The van der Waals surface area contributed by atoms with E-state index in [4.69, 9.17) is 21.4 Å². The number of halogens is 1. The van der Waals surface area contributed by atoms with Crippen molar-refractivity contribution in [3.8, 4) is 11.3 Å². The van der Waals surface area contributed by atoms with Crippen molar-refractivity contribution in [1.82, 2.24) is 10.3 Å². The zero-order chi connectivity index (χ0) is 23.7. The number of pyridine rings is 1. The monoisotopic (exact) mass is 533 g/mol. The van der Waals surface area contributed by atoms with Gasteiger partial charge in [-0.15, -0.1) is 0 Å². The summed E-state index contributed by atoms with van der Waals surface area (Å²) in [6, 6.07) is 24.4. The highest BCUT2D eigenvalue weighted by Crippen LogP contribution is 2.43. The lowest BCUT2D eigenvalue weighted by Gasteiger charge is -2.26. The molecule has 4 aromatic rings. The zero-order valence-corrected chi connectivity index (χ0v) is 20.5. The summed E-state index contributed by atoms with van der Waals surface area (Å²) in [5, 5.41) is 4.02. The van der Waals surface area contributed by atoms with Crippen molar-refractivity contribution >= 4 is 44.9 Å². The fraction of sp³-hybridized carbons (Fsp3) is 0.115. The van der Waals surface area contributed by atoms with Crippen molar-refractivity contribution in [3.05, 3.63) is 107 Å². The van der Waals surface area contributed by atoms with Crippen LogP contribution in [0.5, 0.6) is 0 Å². The van der Waals surface area contributed by atoms with Crippen LogP contribution in [0.1, 0.15) is 33.9 Å². The maximum absolute atomic E-state index is 12.0. The molecule has 3 heterocycles. The Labute approximate surface area is 210 Å². The first-order valence-electron chi connectivity index (χ1n) is 10.6. The van der Waals surface area contributed by atoms with Gasteiger partial charge in [-0.3, -0.25) is 4.98 Å². The lowest BCUT2D eigenvalue weighted by Crippen LogP contribution is -2.29. The largest absolute Gasteiger partial charge is 0.465 e. The van der Waals surface area contributed by atoms with E-state index in [1.807, 2.05) is 60.7 Å². The Hall–Kier alpha value is -3.49. The highest BCUT2D eigenvalue weighted by Gasteiger charge is 2.42. The van der Waals surface area contributed by atoms with Crippen molar-refractivity contribution < 1.29 is 13.9 Å². The molecule has 1 aliphatic heterocycles. The van der Waals surface area contributed by atoms with Crippen LogP contribution in [0.3, 0.4) is 0 Å². The van der Waals surface area contributed by atoms with Crippen LogP contribution in [0.2, 0.25) is 0 Å². The number of thiocarbonyl (C=S) groups is 1. The second-order valence-electron chi connectivity index (χ2n) is 7.75. The maximum atomic E-state index is 12.0. The quantitative estimate of drug-likeness (QED) is 0.246. The molecule has 2 aromatic carbocycles. The van der Waals surface area contributed by atoms with E-state index in [2.05, 4.69) is 31.1 Å². The minimum Gasteiger partial charge on any atom is -0.465 e. The topological polar surface area (TPSA) is 67.6 Å². The first-order chi connectivity index (χ1) is 16.5. The molecule has 0 aliphatic carbocycles. The van der Waals surface area contributed by atoms with E-state index >= 15 is 0 Å². The van der Waals surface area contributed by atoms with Crippen molar-refractivity contribution in [2.45, 2.75) is 12.1 Å². The Morgan fingerprint density at radius 1 is 1.09 bits per heavy atom. The van der Waals surface area contributed by atoms with Gasteiger partial charge in [0.05, 0.1) is 24.4 Å². The van der Waals surface area contributed by atoms with Gasteiger partial charge in [-0.25, -0.2) is 4.79 Å². The van der Waals surface area contributed by atoms with E-state index < -0.39 is 5.97 Å². The number of benzene rings is 2. The normalized spacial score (nSPS) is 17.5. The van der Waals surface area contributed by atoms with Crippen LogP contribution in [-0.4, -0.2) is 23.2 Å². The fourth-order valence-electron chi connectivity index (χ4n) is 4.11. The third-order valence-corrected chi connectivity index (χ3v) is 6.53. The van der Waals surface area contributed by atoms with E-state index in [0.717, 1.165) is 27.2 Å². The van der Waals surface area contributed by atoms with E-state index in [1.54, 1.807) is 24.4 Å². The number of nitrogens with zero attached hydrogens (tertiary/aromatic N) is 2. The highest BCUT2D eigenvalue weighted by atomic mass is 79.9. The molecule has 6 nitrogen and oxygen atoms in total. The number of carbonyl (C=O) groups is 1. The van der Waals surface area contributed by atoms with Crippen LogP contribution in [-0.2, 0) is 4.74 Å². The minimum absolute atomic E-state index is 0.210. The minimum atomic E-state index is -0.393. The number of furan rings is 1. The molecule has 2 aromatic heterocycles. The lowest BCUT2D eigenvalue weighted by atomic mass is 10.0. The Kier molecular flexibility index (Phi) is 6.17. The predicted molar refractivity (Wildman–Crippen MR) is 138 cm³/mol. The molecule has 1 saturated heterocycles. The number of carbonyl (C=O) groups excluding carboxylic acids is 1. The number of hydrogen-bond donors (Lipinski definition) is 1. The predicted octanol–water partition coefficient (Wildman–Crippen LogP) is 6.07. The summed E-state index contributed by atoms with van der Waals surface area (Å²) in [6.07, 6.45) is 1.77. The first-order valence-corrected chi connectivity index (χ1v) is 11.8. The summed E-state index contributed by atoms with van der Waals surface area (Å²) in [6.45, 7) is 0. The van der Waals surface area contributed by atoms with Crippen molar-refractivity contribution in [2.24, 2.45) is 0 Å². The second kappa shape index (κ2) is 9.40. The molecule has 1 aliphatic rings. The molecular weight excluding hydrogens is 514 g/mol. The Morgan fingerprint density at radius 2 is 1.91 bits per heavy atom. The smallest absolute Gasteiger partial charge is 0.337 e. The molecule has 0 radical (unpaired) electrons. The third-order valence-electron chi connectivity index (χ3n) is 5.69. The molecule has 1 fully saturated rings. The Balaban J connectivity index is 1.57. The van der Waals surface area contributed by atoms with Crippen LogP contribution in [0.25, 0.3) is 11.3 Å². The molecule has 1 N–H and O–H groups in total. The van der Waals surface area contributed by atoms with E-state index in [0.29, 0.717) is 16.4 Å². The van der Waals surface area contributed by atoms with Crippen LogP contribution in [0.15, 0.2) is 93.9 Å². The van der Waals surface area contributed by atoms with Gasteiger partial charge in [0.2, 0.25) is 0 Å². The molecule has 5 rings (SSSR count). The van der Waals surface area contributed by atoms with Gasteiger partial charge < -0.3 is 19.4 Å². The van der Waals surface area contributed by atoms with Gasteiger partial charge >= 0.3 is 5.97 Å². The molecule has 0 unspecified atom stereocenters. The molecule has 0 saturated carbocycles. The SMILES string of the molecule is COC(=O)c1cccc(-c2ccc([C@H]3[C@@H](c4ccccn4)NC(=S)N3c3ccc(Br)cc3)o2)c1. The number of aromatic nitrogens is 1. The summed E-state index contributed by atoms with van der Waals surface area (Å²) in [5.74, 6) is 0.981. The van der Waals surface area contributed by atoms with Gasteiger partial charge in [-0.1, -0.05) is 34.1 Å². The summed E-state index contributed by atoms with van der Waals surface area (Å²) in [7, 11) is 1.37. The summed E-state index contributed by atoms with van der Waals surface area (Å²) < 4.78 is 12.2. The fourth-order valence-corrected chi connectivity index (χ4v) is 4.72. The van der Waals surface area contributed by atoms with Gasteiger partial charge in [0, 0.05) is 21.9 Å². The number of hydrogen-bond acceptors (Lipinski definition) is 5. The Bertz CT molecular complexity index is 1340.